The van der Waals surface area contributed by atoms with Crippen LogP contribution >= 0.6 is 0 Å². The maximum absolute atomic E-state index is 13.2. The predicted octanol–water partition coefficient (Wildman–Crippen LogP) is 4.80. The number of hydrogen-bond donors (Lipinski definition) is 2. The van der Waals surface area contributed by atoms with E-state index in [4.69, 9.17) is 0 Å². The van der Waals surface area contributed by atoms with E-state index in [9.17, 15) is 13.6 Å². The van der Waals surface area contributed by atoms with Crippen molar-refractivity contribution < 1.29 is 13.6 Å². The highest BCUT2D eigenvalue weighted by Crippen LogP contribution is 2.36. The fraction of sp³-hybridized carbons (Fsp3) is 0.160. The van der Waals surface area contributed by atoms with E-state index in [1.807, 2.05) is 30.3 Å². The van der Waals surface area contributed by atoms with Crippen LogP contribution in [-0.4, -0.2) is 42.0 Å². The fourth-order valence-corrected chi connectivity index (χ4v) is 4.06. The van der Waals surface area contributed by atoms with Crippen LogP contribution in [0.4, 0.5) is 14.6 Å². The second kappa shape index (κ2) is 9.41. The zero-order valence-corrected chi connectivity index (χ0v) is 18.7. The van der Waals surface area contributed by atoms with Crippen molar-refractivity contribution in [1.82, 2.24) is 29.7 Å². The number of H-pyrrole nitrogens is 1. The molecule has 5 aromatic heterocycles. The van der Waals surface area contributed by atoms with E-state index in [-0.39, 0.29) is 5.82 Å². The van der Waals surface area contributed by atoms with Crippen LogP contribution < -0.4 is 5.32 Å². The average Bonchev–Trinajstić information content (AvgIpc) is 3.47. The third-order valence-electron chi connectivity index (χ3n) is 5.63. The molecule has 0 radical (unpaired) electrons. The number of halogens is 2. The topological polar surface area (TPSA) is 101 Å². The molecule has 5 heterocycles. The van der Waals surface area contributed by atoms with Gasteiger partial charge in [-0.05, 0) is 36.4 Å². The molecule has 8 nitrogen and oxygen atoms in total. The molecule has 0 aliphatic heterocycles. The normalized spacial score (nSPS) is 12.2. The Labute approximate surface area is 199 Å². The first-order valence-electron chi connectivity index (χ1n) is 10.9. The van der Waals surface area contributed by atoms with E-state index in [0.717, 1.165) is 33.5 Å². The van der Waals surface area contributed by atoms with Crippen molar-refractivity contribution in [2.45, 2.75) is 18.8 Å². The Morgan fingerprint density at radius 1 is 1.09 bits per heavy atom. The first kappa shape index (κ1) is 22.3. The second-order valence-electron chi connectivity index (χ2n) is 8.04. The molecule has 35 heavy (non-hydrogen) atoms. The number of carbonyl (C=O) groups excluding carboxylic acids is 1. The summed E-state index contributed by atoms with van der Waals surface area (Å²) in [5, 5.41) is 6.70. The van der Waals surface area contributed by atoms with Gasteiger partial charge in [0.05, 0.1) is 40.1 Å². The molecule has 0 aromatic carbocycles. The molecule has 0 spiro atoms. The molecule has 5 rings (SSSR count). The second-order valence-corrected chi connectivity index (χ2v) is 8.04. The molecule has 0 bridgehead atoms. The minimum Gasteiger partial charge on any atom is -0.353 e. The minimum atomic E-state index is -2.65. The molecule has 10 heteroatoms. The number of anilines is 1. The number of amides is 1. The Kier molecular flexibility index (Phi) is 6.01. The number of nitrogens with one attached hydrogen (secondary N) is 2. The Balaban J connectivity index is 1.51. The van der Waals surface area contributed by atoms with Crippen molar-refractivity contribution in [3.05, 3.63) is 79.0 Å². The number of aromatic amines is 1. The number of carbonyl (C=O) groups is 1. The summed E-state index contributed by atoms with van der Waals surface area (Å²) in [5.41, 5.74) is 5.06. The summed E-state index contributed by atoms with van der Waals surface area (Å²) in [6, 6.07) is 12.9. The summed E-state index contributed by atoms with van der Waals surface area (Å²) in [5.74, 6) is -1.39. The Hall–Kier alpha value is -4.47. The van der Waals surface area contributed by atoms with Gasteiger partial charge in [-0.15, -0.1) is 0 Å². The highest BCUT2D eigenvalue weighted by atomic mass is 19.3. The van der Waals surface area contributed by atoms with Crippen molar-refractivity contribution in [2.75, 3.05) is 5.32 Å². The number of hydrogen-bond acceptors (Lipinski definition) is 5. The summed E-state index contributed by atoms with van der Waals surface area (Å²) in [6.07, 6.45) is 4.70. The molecule has 0 saturated heterocycles. The first-order valence-corrected chi connectivity index (χ1v) is 10.9. The lowest BCUT2D eigenvalue weighted by atomic mass is 9.98. The zero-order chi connectivity index (χ0) is 24.4. The van der Waals surface area contributed by atoms with Crippen LogP contribution in [0, 0.1) is 0 Å². The molecule has 2 N–H and O–H groups in total. The fourth-order valence-electron chi connectivity index (χ4n) is 4.06. The van der Waals surface area contributed by atoms with Crippen LogP contribution in [0.5, 0.6) is 0 Å². The number of aryl methyl sites for hydroxylation is 1. The number of alkyl halides is 2. The van der Waals surface area contributed by atoms with E-state index in [1.165, 1.54) is 10.9 Å². The Bertz CT molecular complexity index is 1480. The van der Waals surface area contributed by atoms with E-state index in [1.54, 1.807) is 44.0 Å². The van der Waals surface area contributed by atoms with Crippen molar-refractivity contribution in [3.8, 4) is 22.5 Å². The van der Waals surface area contributed by atoms with Gasteiger partial charge in [0, 0.05) is 49.4 Å². The highest BCUT2D eigenvalue weighted by Gasteiger charge is 2.26. The van der Waals surface area contributed by atoms with Crippen LogP contribution in [0.25, 0.3) is 33.5 Å². The molecule has 1 unspecified atom stereocenters. The Morgan fingerprint density at radius 2 is 1.94 bits per heavy atom. The molecular formula is C25H21F2N7O. The van der Waals surface area contributed by atoms with Crippen molar-refractivity contribution >= 4 is 22.8 Å². The van der Waals surface area contributed by atoms with Gasteiger partial charge < -0.3 is 10.3 Å². The van der Waals surface area contributed by atoms with Gasteiger partial charge in [-0.1, -0.05) is 6.07 Å². The van der Waals surface area contributed by atoms with E-state index >= 15 is 0 Å². The van der Waals surface area contributed by atoms with Gasteiger partial charge in [-0.3, -0.25) is 19.4 Å². The monoisotopic (exact) mass is 473 g/mol. The number of rotatable bonds is 7. The molecule has 0 fully saturated rings. The SMILES string of the molecule is Cn1cc(C(CC(F)F)C(=O)Nc2cc(-c3[nH]c4cccnc4c3-c3ccccn3)ccn2)cn1. The third kappa shape index (κ3) is 4.63. The van der Waals surface area contributed by atoms with Crippen molar-refractivity contribution in [1.29, 1.82) is 0 Å². The lowest BCUT2D eigenvalue weighted by Crippen LogP contribution is -2.23. The maximum Gasteiger partial charge on any atom is 0.239 e. The van der Waals surface area contributed by atoms with Gasteiger partial charge in [0.2, 0.25) is 12.3 Å². The summed E-state index contributed by atoms with van der Waals surface area (Å²) in [4.78, 5) is 29.6. The van der Waals surface area contributed by atoms with Crippen LogP contribution in [0.1, 0.15) is 17.9 Å². The van der Waals surface area contributed by atoms with Crippen LogP contribution in [0.2, 0.25) is 0 Å². The van der Waals surface area contributed by atoms with Crippen molar-refractivity contribution in [3.63, 3.8) is 0 Å². The van der Waals surface area contributed by atoms with E-state index in [2.05, 4.69) is 30.4 Å². The number of fused-ring (bicyclic) bond motifs is 1. The standard InChI is InChI=1S/C25H21F2N7O/c1-34-14-16(13-31-34)17(12-20(26)27)25(35)33-21-11-15(7-10-29-21)23-22(18-5-2-3-8-28-18)24-19(32-23)6-4-9-30-24/h2-11,13-14,17,20,32H,12H2,1H3,(H,29,33,35). The van der Waals surface area contributed by atoms with Gasteiger partial charge >= 0.3 is 0 Å². The molecule has 5 aromatic rings. The molecule has 0 aliphatic rings. The van der Waals surface area contributed by atoms with Crippen molar-refractivity contribution in [2.24, 2.45) is 7.05 Å². The third-order valence-corrected chi connectivity index (χ3v) is 5.63. The zero-order valence-electron chi connectivity index (χ0n) is 18.7. The molecular weight excluding hydrogens is 452 g/mol. The molecule has 1 atom stereocenters. The first-order chi connectivity index (χ1) is 17.0. The number of pyridine rings is 3. The van der Waals surface area contributed by atoms with Gasteiger partial charge in [0.15, 0.2) is 0 Å². The highest BCUT2D eigenvalue weighted by molar-refractivity contribution is 6.01. The average molecular weight is 473 g/mol. The summed E-state index contributed by atoms with van der Waals surface area (Å²) in [7, 11) is 1.67. The summed E-state index contributed by atoms with van der Waals surface area (Å²) in [6.45, 7) is 0. The lowest BCUT2D eigenvalue weighted by molar-refractivity contribution is -0.118. The van der Waals surface area contributed by atoms with Crippen LogP contribution in [-0.2, 0) is 11.8 Å². The number of aromatic nitrogens is 6. The quantitative estimate of drug-likeness (QED) is 0.354. The Morgan fingerprint density at radius 3 is 2.69 bits per heavy atom. The summed E-state index contributed by atoms with van der Waals surface area (Å²) >= 11 is 0. The van der Waals surface area contributed by atoms with Gasteiger partial charge in [0.25, 0.3) is 0 Å². The van der Waals surface area contributed by atoms with Gasteiger partial charge in [-0.2, -0.15) is 5.10 Å². The predicted molar refractivity (Wildman–Crippen MR) is 128 cm³/mol. The molecule has 0 aliphatic carbocycles. The smallest absolute Gasteiger partial charge is 0.239 e. The largest absolute Gasteiger partial charge is 0.353 e. The molecule has 0 saturated carbocycles. The number of nitrogens with zero attached hydrogens (tertiary/aromatic N) is 5. The van der Waals surface area contributed by atoms with Gasteiger partial charge in [0.1, 0.15) is 5.82 Å². The molecule has 1 amide bonds. The van der Waals surface area contributed by atoms with Gasteiger partial charge in [-0.25, -0.2) is 13.8 Å². The van der Waals surface area contributed by atoms with E-state index < -0.39 is 24.7 Å². The summed E-state index contributed by atoms with van der Waals surface area (Å²) < 4.78 is 27.9. The minimum absolute atomic E-state index is 0.245. The maximum atomic E-state index is 13.2. The molecule has 176 valence electrons. The van der Waals surface area contributed by atoms with Crippen LogP contribution in [0.3, 0.4) is 0 Å². The van der Waals surface area contributed by atoms with Crippen LogP contribution in [0.15, 0.2) is 73.4 Å². The van der Waals surface area contributed by atoms with E-state index in [0.29, 0.717) is 5.56 Å². The lowest BCUT2D eigenvalue weighted by Gasteiger charge is -2.15.